The number of likely N-dealkylation sites (tertiary alicyclic amines) is 1. The van der Waals surface area contributed by atoms with Gasteiger partial charge in [0.05, 0.1) is 18.1 Å². The van der Waals surface area contributed by atoms with Crippen LogP contribution in [0.5, 0.6) is 0 Å². The molecule has 3 heterocycles. The fourth-order valence-corrected chi connectivity index (χ4v) is 4.21. The average molecular weight is 306 g/mol. The van der Waals surface area contributed by atoms with E-state index in [4.69, 9.17) is 11.6 Å². The van der Waals surface area contributed by atoms with Crippen LogP contribution < -0.4 is 0 Å². The zero-order chi connectivity index (χ0) is 14.4. The van der Waals surface area contributed by atoms with E-state index < -0.39 is 0 Å². The van der Waals surface area contributed by atoms with Crippen LogP contribution in [0.3, 0.4) is 0 Å². The van der Waals surface area contributed by atoms with Crippen molar-refractivity contribution >= 4 is 22.6 Å². The van der Waals surface area contributed by atoms with Crippen LogP contribution in [0.4, 0.5) is 0 Å². The summed E-state index contributed by atoms with van der Waals surface area (Å²) in [6, 6.07) is 0.725. The van der Waals surface area contributed by atoms with E-state index in [9.17, 15) is 0 Å². The second kappa shape index (κ2) is 5.21. The highest BCUT2D eigenvalue weighted by Crippen LogP contribution is 2.36. The second-order valence-electron chi connectivity index (χ2n) is 6.31. The molecule has 0 radical (unpaired) electrons. The van der Waals surface area contributed by atoms with Gasteiger partial charge in [-0.2, -0.15) is 5.10 Å². The van der Waals surface area contributed by atoms with Crippen LogP contribution in [0, 0.1) is 5.92 Å². The van der Waals surface area contributed by atoms with E-state index in [1.807, 2.05) is 7.05 Å². The van der Waals surface area contributed by atoms with Crippen molar-refractivity contribution in [3.05, 3.63) is 17.2 Å². The number of hydrogen-bond donors (Lipinski definition) is 0. The number of fused-ring (bicyclic) bond motifs is 2. The molecule has 4 rings (SSSR count). The molecule has 2 atom stereocenters. The molecule has 2 unspecified atom stereocenters. The molecule has 2 aromatic heterocycles. The number of nitrogens with zero attached hydrogens (tertiary/aromatic N) is 5. The number of aromatic nitrogens is 4. The predicted molar refractivity (Wildman–Crippen MR) is 82.1 cm³/mol. The third kappa shape index (κ3) is 2.32. The summed E-state index contributed by atoms with van der Waals surface area (Å²) in [4.78, 5) is 11.7. The molecule has 1 saturated carbocycles. The molecule has 21 heavy (non-hydrogen) atoms. The molecule has 2 aromatic rings. The van der Waals surface area contributed by atoms with Crippen LogP contribution in [-0.4, -0.2) is 37.2 Å². The van der Waals surface area contributed by atoms with Gasteiger partial charge in [-0.05, 0) is 31.7 Å². The summed E-state index contributed by atoms with van der Waals surface area (Å²) in [6.07, 6.45) is 8.54. The molecular formula is C15H20ClN5. The Hall–Kier alpha value is -1.20. The zero-order valence-electron chi connectivity index (χ0n) is 12.3. The van der Waals surface area contributed by atoms with Gasteiger partial charge in [0.2, 0.25) is 0 Å². The number of rotatable bonds is 2. The first-order valence-corrected chi connectivity index (χ1v) is 8.18. The molecule has 1 aliphatic carbocycles. The largest absolute Gasteiger partial charge is 0.293 e. The van der Waals surface area contributed by atoms with Gasteiger partial charge < -0.3 is 0 Å². The van der Waals surface area contributed by atoms with Crippen molar-refractivity contribution < 1.29 is 0 Å². The van der Waals surface area contributed by atoms with Gasteiger partial charge in [-0.25, -0.2) is 9.97 Å². The maximum absolute atomic E-state index is 6.28. The van der Waals surface area contributed by atoms with E-state index in [-0.39, 0.29) is 0 Å². The molecule has 0 amide bonds. The van der Waals surface area contributed by atoms with E-state index >= 15 is 0 Å². The van der Waals surface area contributed by atoms with Crippen molar-refractivity contribution in [1.82, 2.24) is 24.6 Å². The maximum Gasteiger partial charge on any atom is 0.162 e. The van der Waals surface area contributed by atoms with Gasteiger partial charge in [-0.15, -0.1) is 0 Å². The standard InChI is InChI=1S/C15H20ClN5/c1-20-15-11(8-17-20)14(16)18-13(19-15)9-21-7-6-10-4-2-3-5-12(10)21/h8,10,12H,2-7,9H2,1H3. The summed E-state index contributed by atoms with van der Waals surface area (Å²) in [5.74, 6) is 1.71. The summed E-state index contributed by atoms with van der Waals surface area (Å²) in [5.41, 5.74) is 0.824. The number of halogens is 1. The van der Waals surface area contributed by atoms with Gasteiger partial charge in [0.1, 0.15) is 11.0 Å². The van der Waals surface area contributed by atoms with E-state index in [0.29, 0.717) is 5.15 Å². The molecule has 0 spiro atoms. The third-order valence-corrected chi connectivity index (χ3v) is 5.35. The second-order valence-corrected chi connectivity index (χ2v) is 6.67. The highest BCUT2D eigenvalue weighted by Gasteiger charge is 2.35. The first-order chi connectivity index (χ1) is 10.2. The molecule has 1 saturated heterocycles. The molecule has 1 aliphatic heterocycles. The Labute approximate surface area is 129 Å². The third-order valence-electron chi connectivity index (χ3n) is 5.06. The van der Waals surface area contributed by atoms with Crippen LogP contribution in [0.2, 0.25) is 5.15 Å². The minimum atomic E-state index is 0.516. The number of aryl methyl sites for hydroxylation is 1. The average Bonchev–Trinajstić information content (AvgIpc) is 3.05. The topological polar surface area (TPSA) is 46.8 Å². The van der Waals surface area contributed by atoms with E-state index in [0.717, 1.165) is 35.4 Å². The van der Waals surface area contributed by atoms with E-state index in [2.05, 4.69) is 20.0 Å². The molecule has 6 heteroatoms. The lowest BCUT2D eigenvalue weighted by Crippen LogP contribution is -2.34. The monoisotopic (exact) mass is 305 g/mol. The highest BCUT2D eigenvalue weighted by molar-refractivity contribution is 6.33. The first kappa shape index (κ1) is 13.5. The van der Waals surface area contributed by atoms with Crippen molar-refractivity contribution in [3.8, 4) is 0 Å². The quantitative estimate of drug-likeness (QED) is 0.801. The van der Waals surface area contributed by atoms with Crippen LogP contribution in [-0.2, 0) is 13.6 Å². The fourth-order valence-electron chi connectivity index (χ4n) is 3.98. The highest BCUT2D eigenvalue weighted by atomic mass is 35.5. The Morgan fingerprint density at radius 3 is 3.00 bits per heavy atom. The zero-order valence-corrected chi connectivity index (χ0v) is 13.1. The van der Waals surface area contributed by atoms with Gasteiger partial charge in [0.25, 0.3) is 0 Å². The summed E-state index contributed by atoms with van der Waals surface area (Å²) in [7, 11) is 1.89. The minimum Gasteiger partial charge on any atom is -0.293 e. The molecule has 0 bridgehead atoms. The van der Waals surface area contributed by atoms with E-state index in [1.54, 1.807) is 10.9 Å². The fraction of sp³-hybridized carbons (Fsp3) is 0.667. The number of hydrogen-bond acceptors (Lipinski definition) is 4. The Morgan fingerprint density at radius 2 is 2.10 bits per heavy atom. The normalized spacial score (nSPS) is 26.4. The predicted octanol–water partition coefficient (Wildman–Crippen LogP) is 2.78. The Morgan fingerprint density at radius 1 is 1.24 bits per heavy atom. The van der Waals surface area contributed by atoms with Crippen LogP contribution in [0.1, 0.15) is 37.9 Å². The van der Waals surface area contributed by atoms with Gasteiger partial charge >= 0.3 is 0 Å². The van der Waals surface area contributed by atoms with Gasteiger partial charge in [0, 0.05) is 13.1 Å². The Bertz CT molecular complexity index is 667. The SMILES string of the molecule is Cn1ncc2c(Cl)nc(CN3CCC4CCCCC43)nc21. The molecule has 112 valence electrons. The molecule has 0 N–H and O–H groups in total. The van der Waals surface area contributed by atoms with Crippen molar-refractivity contribution in [2.24, 2.45) is 13.0 Å². The summed E-state index contributed by atoms with van der Waals surface area (Å²) in [5, 5.41) is 5.56. The van der Waals surface area contributed by atoms with Crippen LogP contribution >= 0.6 is 11.6 Å². The lowest BCUT2D eigenvalue weighted by atomic mass is 9.85. The van der Waals surface area contributed by atoms with Gasteiger partial charge in [-0.1, -0.05) is 24.4 Å². The summed E-state index contributed by atoms with van der Waals surface area (Å²) in [6.45, 7) is 1.97. The van der Waals surface area contributed by atoms with Crippen molar-refractivity contribution in [1.29, 1.82) is 0 Å². The lowest BCUT2D eigenvalue weighted by Gasteiger charge is -2.31. The van der Waals surface area contributed by atoms with Crippen LogP contribution in [0.25, 0.3) is 11.0 Å². The van der Waals surface area contributed by atoms with Gasteiger partial charge in [-0.3, -0.25) is 9.58 Å². The molecule has 2 fully saturated rings. The maximum atomic E-state index is 6.28. The van der Waals surface area contributed by atoms with Crippen molar-refractivity contribution in [3.63, 3.8) is 0 Å². The van der Waals surface area contributed by atoms with Crippen molar-refractivity contribution in [2.45, 2.75) is 44.7 Å². The van der Waals surface area contributed by atoms with Gasteiger partial charge in [0.15, 0.2) is 5.65 Å². The summed E-state index contributed by atoms with van der Waals surface area (Å²) < 4.78 is 1.76. The molecule has 2 aliphatic rings. The Balaban J connectivity index is 1.61. The molecule has 5 nitrogen and oxygen atoms in total. The minimum absolute atomic E-state index is 0.516. The molecule has 0 aromatic carbocycles. The van der Waals surface area contributed by atoms with E-state index in [1.165, 1.54) is 38.6 Å². The molecular weight excluding hydrogens is 286 g/mol. The lowest BCUT2D eigenvalue weighted by molar-refractivity contribution is 0.172. The first-order valence-electron chi connectivity index (χ1n) is 7.80. The smallest absolute Gasteiger partial charge is 0.162 e. The Kier molecular flexibility index (Phi) is 3.34. The summed E-state index contributed by atoms with van der Waals surface area (Å²) >= 11 is 6.28. The van der Waals surface area contributed by atoms with Crippen molar-refractivity contribution in [2.75, 3.05) is 6.54 Å². The van der Waals surface area contributed by atoms with Crippen LogP contribution in [0.15, 0.2) is 6.20 Å².